The Balaban J connectivity index is 1.67. The number of piperidine rings is 1. The average molecular weight is 264 g/mol. The van der Waals surface area contributed by atoms with E-state index in [1.807, 2.05) is 6.92 Å². The summed E-state index contributed by atoms with van der Waals surface area (Å²) in [6, 6.07) is 0.264. The predicted molar refractivity (Wildman–Crippen MR) is 70.4 cm³/mol. The Labute approximate surface area is 112 Å². The van der Waals surface area contributed by atoms with Crippen molar-refractivity contribution in [2.24, 2.45) is 0 Å². The number of ether oxygens (including phenoxy) is 1. The Morgan fingerprint density at radius 2 is 2.11 bits per heavy atom. The van der Waals surface area contributed by atoms with Crippen LogP contribution >= 0.6 is 0 Å². The van der Waals surface area contributed by atoms with Crippen LogP contribution in [0.3, 0.4) is 0 Å². The zero-order valence-corrected chi connectivity index (χ0v) is 11.5. The Bertz CT molecular complexity index is 489. The van der Waals surface area contributed by atoms with Crippen LogP contribution in [0, 0.1) is 6.92 Å². The van der Waals surface area contributed by atoms with E-state index in [1.165, 1.54) is 0 Å². The lowest BCUT2D eigenvalue weighted by Gasteiger charge is -2.29. The van der Waals surface area contributed by atoms with Gasteiger partial charge in [-0.05, 0) is 39.9 Å². The first-order valence-electron chi connectivity index (χ1n) is 6.85. The van der Waals surface area contributed by atoms with Gasteiger partial charge in [0.2, 0.25) is 5.88 Å². The van der Waals surface area contributed by atoms with Gasteiger partial charge in [0.1, 0.15) is 6.61 Å². The molecule has 1 amide bonds. The molecule has 6 heteroatoms. The zero-order chi connectivity index (χ0) is 13.4. The van der Waals surface area contributed by atoms with E-state index < -0.39 is 0 Å². The molecule has 1 aromatic heterocycles. The predicted octanol–water partition coefficient (Wildman–Crippen LogP) is 0.408. The summed E-state index contributed by atoms with van der Waals surface area (Å²) in [5, 5.41) is 7.43. The molecule has 0 aromatic carbocycles. The van der Waals surface area contributed by atoms with E-state index in [9.17, 15) is 4.79 Å². The van der Waals surface area contributed by atoms with E-state index in [-0.39, 0.29) is 11.9 Å². The van der Waals surface area contributed by atoms with E-state index in [1.54, 1.807) is 4.68 Å². The van der Waals surface area contributed by atoms with E-state index in [0.717, 1.165) is 43.9 Å². The lowest BCUT2D eigenvalue weighted by Crippen LogP contribution is -2.43. The molecular weight excluding hydrogens is 244 g/mol. The molecule has 0 spiro atoms. The lowest BCUT2D eigenvalue weighted by molar-refractivity contribution is 0.0910. The molecule has 19 heavy (non-hydrogen) atoms. The summed E-state index contributed by atoms with van der Waals surface area (Å²) in [4.78, 5) is 14.5. The summed E-state index contributed by atoms with van der Waals surface area (Å²) in [5.74, 6) is 0.672. The molecule has 2 aliphatic rings. The van der Waals surface area contributed by atoms with Crippen LogP contribution in [-0.4, -0.2) is 53.4 Å². The fourth-order valence-electron chi connectivity index (χ4n) is 2.72. The molecular formula is C13H20N4O2. The normalized spacial score (nSPS) is 20.1. The molecule has 0 aliphatic carbocycles. The molecule has 6 nitrogen and oxygen atoms in total. The second kappa shape index (κ2) is 4.85. The Morgan fingerprint density at radius 3 is 2.79 bits per heavy atom. The first-order chi connectivity index (χ1) is 9.15. The van der Waals surface area contributed by atoms with E-state index in [0.29, 0.717) is 12.3 Å². The Morgan fingerprint density at radius 1 is 1.37 bits per heavy atom. The van der Waals surface area contributed by atoms with Crippen LogP contribution in [0.15, 0.2) is 0 Å². The minimum atomic E-state index is -0.0717. The molecule has 1 saturated heterocycles. The number of rotatable bonds is 2. The monoisotopic (exact) mass is 264 g/mol. The minimum Gasteiger partial charge on any atom is -0.476 e. The third-order valence-corrected chi connectivity index (χ3v) is 3.94. The van der Waals surface area contributed by atoms with Crippen molar-refractivity contribution in [3.63, 3.8) is 0 Å². The number of amides is 1. The molecule has 0 saturated carbocycles. The van der Waals surface area contributed by atoms with Crippen LogP contribution in [0.2, 0.25) is 0 Å². The highest BCUT2D eigenvalue weighted by Crippen LogP contribution is 2.25. The molecule has 3 rings (SSSR count). The largest absolute Gasteiger partial charge is 0.476 e. The van der Waals surface area contributed by atoms with Gasteiger partial charge in [-0.2, -0.15) is 5.10 Å². The zero-order valence-electron chi connectivity index (χ0n) is 11.5. The van der Waals surface area contributed by atoms with Gasteiger partial charge in [0.15, 0.2) is 5.69 Å². The summed E-state index contributed by atoms with van der Waals surface area (Å²) in [6.45, 7) is 5.35. The van der Waals surface area contributed by atoms with Crippen molar-refractivity contribution in [1.29, 1.82) is 0 Å². The quantitative estimate of drug-likeness (QED) is 0.840. The molecule has 0 radical (unpaired) electrons. The first-order valence-corrected chi connectivity index (χ1v) is 6.85. The number of carbonyl (C=O) groups is 1. The lowest BCUT2D eigenvalue weighted by atomic mass is 10.1. The minimum absolute atomic E-state index is 0.0717. The molecule has 3 heterocycles. The second-order valence-electron chi connectivity index (χ2n) is 5.40. The Hall–Kier alpha value is -1.56. The molecule has 104 valence electrons. The van der Waals surface area contributed by atoms with Gasteiger partial charge in [0, 0.05) is 11.6 Å². The highest BCUT2D eigenvalue weighted by molar-refractivity contribution is 5.94. The SMILES string of the molecule is Cc1c(C(=O)NC2CCN(C)CC2)nn2c1OCC2. The van der Waals surface area contributed by atoms with Crippen LogP contribution < -0.4 is 10.1 Å². The van der Waals surface area contributed by atoms with Gasteiger partial charge in [-0.1, -0.05) is 0 Å². The van der Waals surface area contributed by atoms with Gasteiger partial charge in [0.05, 0.1) is 6.54 Å². The van der Waals surface area contributed by atoms with Crippen LogP contribution in [0.1, 0.15) is 28.9 Å². The maximum absolute atomic E-state index is 12.3. The average Bonchev–Trinajstić information content (AvgIpc) is 2.96. The van der Waals surface area contributed by atoms with E-state index in [2.05, 4.69) is 22.4 Å². The maximum Gasteiger partial charge on any atom is 0.272 e. The van der Waals surface area contributed by atoms with Crippen molar-refractivity contribution >= 4 is 5.91 Å². The number of likely N-dealkylation sites (tertiary alicyclic amines) is 1. The third kappa shape index (κ3) is 2.32. The molecule has 0 atom stereocenters. The summed E-state index contributed by atoms with van der Waals surface area (Å²) in [6.07, 6.45) is 2.01. The molecule has 2 aliphatic heterocycles. The molecule has 1 fully saturated rings. The van der Waals surface area contributed by atoms with Crippen molar-refractivity contribution in [2.45, 2.75) is 32.4 Å². The van der Waals surface area contributed by atoms with Crippen LogP contribution in [-0.2, 0) is 6.54 Å². The van der Waals surface area contributed by atoms with Gasteiger partial charge in [-0.3, -0.25) is 4.79 Å². The van der Waals surface area contributed by atoms with Crippen LogP contribution in [0.5, 0.6) is 5.88 Å². The van der Waals surface area contributed by atoms with Crippen molar-refractivity contribution in [3.05, 3.63) is 11.3 Å². The number of hydrogen-bond acceptors (Lipinski definition) is 4. The van der Waals surface area contributed by atoms with Gasteiger partial charge >= 0.3 is 0 Å². The highest BCUT2D eigenvalue weighted by Gasteiger charge is 2.26. The number of nitrogens with one attached hydrogen (secondary N) is 1. The highest BCUT2D eigenvalue weighted by atomic mass is 16.5. The van der Waals surface area contributed by atoms with Crippen LogP contribution in [0.4, 0.5) is 0 Å². The maximum atomic E-state index is 12.3. The fourth-order valence-corrected chi connectivity index (χ4v) is 2.72. The molecule has 0 bridgehead atoms. The summed E-state index contributed by atoms with van der Waals surface area (Å²) >= 11 is 0. The number of fused-ring (bicyclic) bond motifs is 1. The van der Waals surface area contributed by atoms with Gasteiger partial charge in [-0.25, -0.2) is 4.68 Å². The summed E-state index contributed by atoms with van der Waals surface area (Å²) < 4.78 is 7.25. The topological polar surface area (TPSA) is 59.4 Å². The van der Waals surface area contributed by atoms with E-state index in [4.69, 9.17) is 4.74 Å². The van der Waals surface area contributed by atoms with Crippen molar-refractivity contribution in [3.8, 4) is 5.88 Å². The van der Waals surface area contributed by atoms with E-state index >= 15 is 0 Å². The number of carbonyl (C=O) groups excluding carboxylic acids is 1. The fraction of sp³-hybridized carbons (Fsp3) is 0.692. The molecule has 1 N–H and O–H groups in total. The van der Waals surface area contributed by atoms with Crippen LogP contribution in [0.25, 0.3) is 0 Å². The number of hydrogen-bond donors (Lipinski definition) is 1. The van der Waals surface area contributed by atoms with Crippen molar-refractivity contribution < 1.29 is 9.53 Å². The molecule has 0 unspecified atom stereocenters. The smallest absolute Gasteiger partial charge is 0.272 e. The Kier molecular flexibility index (Phi) is 3.18. The van der Waals surface area contributed by atoms with Gasteiger partial charge < -0.3 is 15.0 Å². The summed E-state index contributed by atoms with van der Waals surface area (Å²) in [5.41, 5.74) is 1.36. The standard InChI is InChI=1S/C13H20N4O2/c1-9-11(15-17-7-8-19-13(9)17)12(18)14-10-3-5-16(2)6-4-10/h10H,3-8H2,1-2H3,(H,14,18). The first kappa shape index (κ1) is 12.5. The van der Waals surface area contributed by atoms with Gasteiger partial charge in [-0.15, -0.1) is 0 Å². The van der Waals surface area contributed by atoms with Crippen molar-refractivity contribution in [1.82, 2.24) is 20.0 Å². The van der Waals surface area contributed by atoms with Crippen molar-refractivity contribution in [2.75, 3.05) is 26.7 Å². The number of aromatic nitrogens is 2. The summed E-state index contributed by atoms with van der Waals surface area (Å²) in [7, 11) is 2.11. The van der Waals surface area contributed by atoms with Gasteiger partial charge in [0.25, 0.3) is 5.91 Å². The third-order valence-electron chi connectivity index (χ3n) is 3.94. The molecule has 1 aromatic rings. The number of nitrogens with zero attached hydrogens (tertiary/aromatic N) is 3. The second-order valence-corrected chi connectivity index (χ2v) is 5.40.